The van der Waals surface area contributed by atoms with Gasteiger partial charge in [0.2, 0.25) is 5.91 Å². The van der Waals surface area contributed by atoms with Gasteiger partial charge in [-0.2, -0.15) is 0 Å². The Labute approximate surface area is 141 Å². The molecule has 0 aliphatic carbocycles. The van der Waals surface area contributed by atoms with Crippen molar-refractivity contribution < 1.29 is 9.53 Å². The summed E-state index contributed by atoms with van der Waals surface area (Å²) in [6, 6.07) is 16.7. The average molecular weight is 333 g/mol. The second-order valence-electron chi connectivity index (χ2n) is 5.56. The highest BCUT2D eigenvalue weighted by molar-refractivity contribution is 6.30. The maximum atomic E-state index is 12.5. The van der Waals surface area contributed by atoms with Crippen LogP contribution < -0.4 is 11.1 Å². The highest BCUT2D eigenvalue weighted by Gasteiger charge is 2.30. The fourth-order valence-electron chi connectivity index (χ4n) is 2.33. The van der Waals surface area contributed by atoms with Crippen LogP contribution in [0.5, 0.6) is 0 Å². The molecule has 0 aliphatic rings. The van der Waals surface area contributed by atoms with Gasteiger partial charge in [0.15, 0.2) is 0 Å². The predicted octanol–water partition coefficient (Wildman–Crippen LogP) is 3.02. The molecule has 0 spiro atoms. The van der Waals surface area contributed by atoms with Gasteiger partial charge in [0, 0.05) is 18.7 Å². The molecular formula is C18H21ClN2O2. The molecule has 0 radical (unpaired) electrons. The average Bonchev–Trinajstić information content (AvgIpc) is 2.56. The molecule has 2 aromatic carbocycles. The largest absolute Gasteiger partial charge is 0.375 e. The predicted molar refractivity (Wildman–Crippen MR) is 92.2 cm³/mol. The van der Waals surface area contributed by atoms with Crippen LogP contribution in [0.3, 0.4) is 0 Å². The molecule has 0 fully saturated rings. The molecule has 0 bridgehead atoms. The summed E-state index contributed by atoms with van der Waals surface area (Å²) >= 11 is 6.00. The van der Waals surface area contributed by atoms with Gasteiger partial charge in [-0.3, -0.25) is 4.79 Å². The van der Waals surface area contributed by atoms with Gasteiger partial charge in [-0.15, -0.1) is 0 Å². The zero-order chi connectivity index (χ0) is 16.9. The van der Waals surface area contributed by atoms with E-state index in [0.717, 1.165) is 11.1 Å². The van der Waals surface area contributed by atoms with Gasteiger partial charge in [-0.1, -0.05) is 54.1 Å². The zero-order valence-corrected chi connectivity index (χ0v) is 14.0. The third-order valence-corrected chi connectivity index (χ3v) is 4.03. The van der Waals surface area contributed by atoms with Crippen molar-refractivity contribution in [3.63, 3.8) is 0 Å². The summed E-state index contributed by atoms with van der Waals surface area (Å²) in [5, 5.41) is 3.49. The minimum Gasteiger partial charge on any atom is -0.375 e. The summed E-state index contributed by atoms with van der Waals surface area (Å²) < 4.78 is 5.45. The van der Waals surface area contributed by atoms with E-state index >= 15 is 0 Å². The molecule has 4 nitrogen and oxygen atoms in total. The van der Waals surface area contributed by atoms with Crippen molar-refractivity contribution >= 4 is 17.5 Å². The first kappa shape index (κ1) is 17.5. The number of benzene rings is 2. The zero-order valence-electron chi connectivity index (χ0n) is 13.3. The molecule has 2 rings (SSSR count). The highest BCUT2D eigenvalue weighted by atomic mass is 35.5. The van der Waals surface area contributed by atoms with Crippen LogP contribution in [0.15, 0.2) is 54.6 Å². The maximum absolute atomic E-state index is 12.5. The second-order valence-corrected chi connectivity index (χ2v) is 5.99. The molecule has 5 heteroatoms. The fraction of sp³-hybridized carbons (Fsp3) is 0.278. The Hall–Kier alpha value is -1.88. The minimum absolute atomic E-state index is 0.257. The standard InChI is InChI=1S/C18H21ClN2O2/c1-18(20,14-8-4-3-5-9-14)17(22)21-12-16(23-2)13-7-6-10-15(19)11-13/h3-11,16H,12,20H2,1-2H3,(H,21,22). The lowest BCUT2D eigenvalue weighted by atomic mass is 9.92. The molecule has 0 saturated heterocycles. The van der Waals surface area contributed by atoms with E-state index in [1.807, 2.05) is 48.5 Å². The van der Waals surface area contributed by atoms with Gasteiger partial charge in [-0.05, 0) is 30.2 Å². The number of amides is 1. The Balaban J connectivity index is 2.05. The summed E-state index contributed by atoms with van der Waals surface area (Å²) in [4.78, 5) is 12.5. The van der Waals surface area contributed by atoms with E-state index in [0.29, 0.717) is 11.6 Å². The fourth-order valence-corrected chi connectivity index (χ4v) is 2.53. The number of carbonyl (C=O) groups excluding carboxylic acids is 1. The molecule has 122 valence electrons. The first-order valence-electron chi connectivity index (χ1n) is 7.36. The van der Waals surface area contributed by atoms with E-state index < -0.39 is 5.54 Å². The van der Waals surface area contributed by atoms with Crippen LogP contribution in [0.4, 0.5) is 0 Å². The van der Waals surface area contributed by atoms with Crippen molar-refractivity contribution in [1.29, 1.82) is 0 Å². The first-order chi connectivity index (χ1) is 10.9. The first-order valence-corrected chi connectivity index (χ1v) is 7.74. The van der Waals surface area contributed by atoms with E-state index in [4.69, 9.17) is 22.1 Å². The number of methoxy groups -OCH3 is 1. The summed E-state index contributed by atoms with van der Waals surface area (Å²) in [5.41, 5.74) is 6.75. The lowest BCUT2D eigenvalue weighted by Crippen LogP contribution is -2.49. The third-order valence-electron chi connectivity index (χ3n) is 3.80. The lowest BCUT2D eigenvalue weighted by Gasteiger charge is -2.25. The van der Waals surface area contributed by atoms with Crippen LogP contribution >= 0.6 is 11.6 Å². The Morgan fingerprint density at radius 3 is 2.57 bits per heavy atom. The van der Waals surface area contributed by atoms with Crippen LogP contribution in [0.1, 0.15) is 24.2 Å². The van der Waals surface area contributed by atoms with Crippen LogP contribution in [-0.2, 0) is 15.1 Å². The van der Waals surface area contributed by atoms with Gasteiger partial charge in [0.1, 0.15) is 5.54 Å². The molecular weight excluding hydrogens is 312 g/mol. The molecule has 0 saturated carbocycles. The van der Waals surface area contributed by atoms with Gasteiger partial charge in [-0.25, -0.2) is 0 Å². The smallest absolute Gasteiger partial charge is 0.244 e. The number of rotatable bonds is 6. The van der Waals surface area contributed by atoms with E-state index in [1.165, 1.54) is 0 Å². The van der Waals surface area contributed by atoms with E-state index in [-0.39, 0.29) is 12.0 Å². The molecule has 23 heavy (non-hydrogen) atoms. The summed E-state index contributed by atoms with van der Waals surface area (Å²) in [6.07, 6.45) is -0.288. The number of hydrogen-bond donors (Lipinski definition) is 2. The number of nitrogens with one attached hydrogen (secondary N) is 1. The summed E-state index contributed by atoms with van der Waals surface area (Å²) in [7, 11) is 1.59. The van der Waals surface area contributed by atoms with E-state index in [9.17, 15) is 4.79 Å². The van der Waals surface area contributed by atoms with E-state index in [2.05, 4.69) is 5.32 Å². The highest BCUT2D eigenvalue weighted by Crippen LogP contribution is 2.21. The van der Waals surface area contributed by atoms with Gasteiger partial charge < -0.3 is 15.8 Å². The molecule has 1 amide bonds. The SMILES string of the molecule is COC(CNC(=O)C(C)(N)c1ccccc1)c1cccc(Cl)c1. The Morgan fingerprint density at radius 2 is 1.96 bits per heavy atom. The van der Waals surface area contributed by atoms with Crippen molar-refractivity contribution in [1.82, 2.24) is 5.32 Å². The minimum atomic E-state index is -1.10. The number of ether oxygens (including phenoxy) is 1. The Kier molecular flexibility index (Phi) is 5.77. The molecule has 2 aromatic rings. The quantitative estimate of drug-likeness (QED) is 0.854. The monoisotopic (exact) mass is 332 g/mol. The van der Waals surface area contributed by atoms with Gasteiger partial charge in [0.05, 0.1) is 6.10 Å². The third kappa shape index (κ3) is 4.32. The van der Waals surface area contributed by atoms with Crippen LogP contribution in [0.25, 0.3) is 0 Å². The molecule has 0 aromatic heterocycles. The molecule has 0 aliphatic heterocycles. The Bertz CT molecular complexity index is 659. The van der Waals surface area contributed by atoms with Crippen LogP contribution in [0, 0.1) is 0 Å². The van der Waals surface area contributed by atoms with Crippen molar-refractivity contribution in [2.75, 3.05) is 13.7 Å². The van der Waals surface area contributed by atoms with Crippen molar-refractivity contribution in [3.05, 3.63) is 70.7 Å². The second kappa shape index (κ2) is 7.59. The van der Waals surface area contributed by atoms with Gasteiger partial charge >= 0.3 is 0 Å². The maximum Gasteiger partial charge on any atom is 0.244 e. The number of halogens is 1. The number of hydrogen-bond acceptors (Lipinski definition) is 3. The summed E-state index contributed by atoms with van der Waals surface area (Å²) in [6.45, 7) is 2.01. The van der Waals surface area contributed by atoms with Gasteiger partial charge in [0.25, 0.3) is 0 Å². The topological polar surface area (TPSA) is 64.3 Å². The number of nitrogens with two attached hydrogens (primary N) is 1. The van der Waals surface area contributed by atoms with Crippen molar-refractivity contribution in [3.8, 4) is 0 Å². The van der Waals surface area contributed by atoms with Crippen molar-refractivity contribution in [2.24, 2.45) is 5.73 Å². The normalized spacial score (nSPS) is 14.8. The lowest BCUT2D eigenvalue weighted by molar-refractivity contribution is -0.126. The van der Waals surface area contributed by atoms with Crippen molar-refractivity contribution in [2.45, 2.75) is 18.6 Å². The molecule has 2 atom stereocenters. The van der Waals surface area contributed by atoms with Crippen LogP contribution in [0.2, 0.25) is 5.02 Å². The molecule has 3 N–H and O–H groups in total. The van der Waals surface area contributed by atoms with Crippen LogP contribution in [-0.4, -0.2) is 19.6 Å². The summed E-state index contributed by atoms with van der Waals surface area (Å²) in [5.74, 6) is -0.257. The number of carbonyl (C=O) groups is 1. The molecule has 0 heterocycles. The van der Waals surface area contributed by atoms with E-state index in [1.54, 1.807) is 20.1 Å². The molecule has 2 unspecified atom stereocenters. The Morgan fingerprint density at radius 1 is 1.26 bits per heavy atom.